The molecular weight excluding hydrogens is 524 g/mol. The summed E-state index contributed by atoms with van der Waals surface area (Å²) in [5.41, 5.74) is 5.51. The van der Waals surface area contributed by atoms with E-state index in [1.54, 1.807) is 0 Å². The van der Waals surface area contributed by atoms with Crippen LogP contribution in [0.5, 0.6) is 0 Å². The van der Waals surface area contributed by atoms with Crippen LogP contribution in [0.2, 0.25) is 0 Å². The number of aromatic nitrogens is 8. The van der Waals surface area contributed by atoms with Crippen molar-refractivity contribution in [3.63, 3.8) is 0 Å². The number of hydrogen-bond donors (Lipinski definition) is 1. The summed E-state index contributed by atoms with van der Waals surface area (Å²) >= 11 is 0. The van der Waals surface area contributed by atoms with Crippen LogP contribution in [0.1, 0.15) is 0 Å². The molecule has 2 aliphatic heterocycles. The third-order valence-electron chi connectivity index (χ3n) is 7.75. The molecule has 2 aliphatic rings. The second-order valence-corrected chi connectivity index (χ2v) is 10.1. The first-order valence-electron chi connectivity index (χ1n) is 13.4. The summed E-state index contributed by atoms with van der Waals surface area (Å²) in [6.45, 7) is 0. The lowest BCUT2D eigenvalue weighted by molar-refractivity contribution is 0.550. The van der Waals surface area contributed by atoms with E-state index in [0.29, 0.717) is 45.9 Å². The van der Waals surface area contributed by atoms with Crippen molar-refractivity contribution in [3.8, 4) is 45.6 Å². The molecule has 8 bridgehead atoms. The Morgan fingerprint density at radius 3 is 1.21 bits per heavy atom. The third kappa shape index (κ3) is 3.15. The van der Waals surface area contributed by atoms with Crippen LogP contribution in [0.3, 0.4) is 0 Å². The minimum atomic E-state index is 0.439. The first kappa shape index (κ1) is 22.7. The molecule has 0 fully saturated rings. The quantitative estimate of drug-likeness (QED) is 0.239. The summed E-state index contributed by atoms with van der Waals surface area (Å²) in [5.74, 6) is 1.98. The molecule has 5 heterocycles. The van der Waals surface area contributed by atoms with Crippen LogP contribution in [-0.4, -0.2) is 45.9 Å². The van der Waals surface area contributed by atoms with Gasteiger partial charge in [0, 0.05) is 43.8 Å². The molecule has 1 N–H and O–H groups in total. The number of nitrogens with one attached hydrogen (secondary N) is 1. The van der Waals surface area contributed by atoms with Gasteiger partial charge >= 0.3 is 0 Å². The molecule has 42 heavy (non-hydrogen) atoms. The SMILES string of the molecule is O=Cn1c2nc3nc(nc4[nH]c(nc5nc(nc1c1ccccc12)-c1ccccc1-5)c1ccccc41)-c1ccccc1-3. The van der Waals surface area contributed by atoms with Crippen LogP contribution in [0.25, 0.3) is 89.7 Å². The Hall–Kier alpha value is -6.09. The van der Waals surface area contributed by atoms with E-state index in [2.05, 4.69) is 4.98 Å². The molecule has 4 aromatic carbocycles. The number of carbonyl (C=O) groups is 1. The molecule has 0 amide bonds. The van der Waals surface area contributed by atoms with Gasteiger partial charge in [-0.25, -0.2) is 34.5 Å². The van der Waals surface area contributed by atoms with Gasteiger partial charge in [-0.05, 0) is 0 Å². The van der Waals surface area contributed by atoms with E-state index in [0.717, 1.165) is 50.2 Å². The van der Waals surface area contributed by atoms with Crippen LogP contribution in [0.15, 0.2) is 97.1 Å². The molecule has 196 valence electrons. The number of rotatable bonds is 1. The maximum Gasteiger partial charge on any atom is 0.221 e. The van der Waals surface area contributed by atoms with Gasteiger partial charge in [-0.2, -0.15) is 0 Å². The van der Waals surface area contributed by atoms with Crippen molar-refractivity contribution in [2.75, 3.05) is 0 Å². The molecular formula is C33H18N8O. The van der Waals surface area contributed by atoms with Gasteiger partial charge in [-0.1, -0.05) is 97.1 Å². The summed E-state index contributed by atoms with van der Waals surface area (Å²) in [6.07, 6.45) is 0.736. The summed E-state index contributed by atoms with van der Waals surface area (Å²) in [4.78, 5) is 45.8. The van der Waals surface area contributed by atoms with Gasteiger partial charge in [0.15, 0.2) is 34.6 Å². The van der Waals surface area contributed by atoms with E-state index in [1.807, 2.05) is 97.1 Å². The lowest BCUT2D eigenvalue weighted by Crippen LogP contribution is -1.97. The van der Waals surface area contributed by atoms with E-state index in [1.165, 1.54) is 4.57 Å². The van der Waals surface area contributed by atoms with Crippen molar-refractivity contribution in [3.05, 3.63) is 97.1 Å². The number of carbonyl (C=O) groups excluding carboxylic acids is 1. The van der Waals surface area contributed by atoms with E-state index >= 15 is 0 Å². The maximum atomic E-state index is 12.7. The van der Waals surface area contributed by atoms with Gasteiger partial charge in [0.05, 0.1) is 0 Å². The normalized spacial score (nSPS) is 11.9. The Morgan fingerprint density at radius 2 is 0.810 bits per heavy atom. The Kier molecular flexibility index (Phi) is 4.57. The fourth-order valence-electron chi connectivity index (χ4n) is 5.82. The molecule has 9 nitrogen and oxygen atoms in total. The molecule has 0 radical (unpaired) electrons. The van der Waals surface area contributed by atoms with Crippen LogP contribution < -0.4 is 0 Å². The minimum absolute atomic E-state index is 0.439. The predicted octanol–water partition coefficient (Wildman–Crippen LogP) is 6.38. The zero-order valence-corrected chi connectivity index (χ0v) is 21.9. The van der Waals surface area contributed by atoms with E-state index in [4.69, 9.17) is 29.9 Å². The third-order valence-corrected chi connectivity index (χ3v) is 7.75. The molecule has 0 unspecified atom stereocenters. The fourth-order valence-corrected chi connectivity index (χ4v) is 5.82. The van der Waals surface area contributed by atoms with Gasteiger partial charge in [-0.3, -0.25) is 4.79 Å². The van der Waals surface area contributed by atoms with Crippen molar-refractivity contribution in [2.45, 2.75) is 0 Å². The molecule has 0 spiro atoms. The molecule has 3 aromatic heterocycles. The highest BCUT2D eigenvalue weighted by Crippen LogP contribution is 2.37. The summed E-state index contributed by atoms with van der Waals surface area (Å²) < 4.78 is 1.46. The molecule has 9 rings (SSSR count). The van der Waals surface area contributed by atoms with Crippen LogP contribution in [0.4, 0.5) is 0 Å². The van der Waals surface area contributed by atoms with Gasteiger partial charge in [0.1, 0.15) is 11.3 Å². The lowest BCUT2D eigenvalue weighted by atomic mass is 10.1. The number of fused-ring (bicyclic) bond motifs is 20. The highest BCUT2D eigenvalue weighted by atomic mass is 16.1. The van der Waals surface area contributed by atoms with Crippen LogP contribution >= 0.6 is 0 Å². The van der Waals surface area contributed by atoms with Crippen molar-refractivity contribution in [1.29, 1.82) is 0 Å². The second-order valence-electron chi connectivity index (χ2n) is 10.1. The average Bonchev–Trinajstić information content (AvgIpc) is 3.75. The standard InChI is InChI=1S/C33H18N8O/c42-17-41-32-24-15-7-8-16-25(24)33(41)40-31-23-14-6-4-12-21(23)29(38-31)36-27-19-10-2-1-9-18(19)26(34-27)35-28-20-11-3-5-13-22(20)30(37-28)39-32/h1-17H,(H,34,35,36,37,38,39,40). The number of hydrogen-bond acceptors (Lipinski definition) is 7. The minimum Gasteiger partial charge on any atom is -0.324 e. The molecule has 0 saturated carbocycles. The highest BCUT2D eigenvalue weighted by Gasteiger charge is 2.22. The topological polar surface area (TPSA) is 115 Å². The van der Waals surface area contributed by atoms with Crippen LogP contribution in [-0.2, 0) is 4.79 Å². The van der Waals surface area contributed by atoms with Crippen molar-refractivity contribution >= 4 is 50.5 Å². The Bertz CT molecular complexity index is 2290. The van der Waals surface area contributed by atoms with Crippen molar-refractivity contribution in [1.82, 2.24) is 39.5 Å². The van der Waals surface area contributed by atoms with Gasteiger partial charge in [0.2, 0.25) is 6.41 Å². The zero-order valence-electron chi connectivity index (χ0n) is 21.9. The van der Waals surface area contributed by atoms with E-state index < -0.39 is 0 Å². The van der Waals surface area contributed by atoms with E-state index in [9.17, 15) is 4.79 Å². The predicted molar refractivity (Wildman–Crippen MR) is 162 cm³/mol. The van der Waals surface area contributed by atoms with Gasteiger partial charge in [0.25, 0.3) is 0 Å². The Balaban J connectivity index is 1.55. The summed E-state index contributed by atoms with van der Waals surface area (Å²) in [5, 5.41) is 3.38. The second kappa shape index (κ2) is 8.45. The molecule has 0 aliphatic carbocycles. The first-order chi connectivity index (χ1) is 20.8. The smallest absolute Gasteiger partial charge is 0.221 e. The van der Waals surface area contributed by atoms with E-state index in [-0.39, 0.29) is 0 Å². The zero-order chi connectivity index (χ0) is 27.8. The largest absolute Gasteiger partial charge is 0.324 e. The maximum absolute atomic E-state index is 12.7. The first-order valence-corrected chi connectivity index (χ1v) is 13.4. The molecule has 0 saturated heterocycles. The van der Waals surface area contributed by atoms with Gasteiger partial charge < -0.3 is 4.98 Å². The Morgan fingerprint density at radius 1 is 0.452 bits per heavy atom. The Labute approximate surface area is 237 Å². The van der Waals surface area contributed by atoms with Crippen LogP contribution in [0, 0.1) is 0 Å². The monoisotopic (exact) mass is 542 g/mol. The number of benzene rings is 4. The highest BCUT2D eigenvalue weighted by molar-refractivity contribution is 6.09. The molecule has 0 atom stereocenters. The lowest BCUT2D eigenvalue weighted by Gasteiger charge is -1.98. The molecule has 9 heteroatoms. The van der Waals surface area contributed by atoms with Crippen molar-refractivity contribution < 1.29 is 4.79 Å². The summed E-state index contributed by atoms with van der Waals surface area (Å²) in [6, 6.07) is 31.3. The average molecular weight is 543 g/mol. The van der Waals surface area contributed by atoms with Crippen molar-refractivity contribution in [2.24, 2.45) is 0 Å². The van der Waals surface area contributed by atoms with Gasteiger partial charge in [-0.15, -0.1) is 0 Å². The summed E-state index contributed by atoms with van der Waals surface area (Å²) in [7, 11) is 0. The number of aromatic amines is 1. The molecule has 7 aromatic rings. The number of H-pyrrole nitrogens is 1. The number of nitrogens with zero attached hydrogens (tertiary/aromatic N) is 7. The fraction of sp³-hybridized carbons (Fsp3) is 0.